The number of rotatable bonds is 17. The van der Waals surface area contributed by atoms with E-state index in [2.05, 4.69) is 15.2 Å². The number of nitrogens with one attached hydrogen (secondary N) is 2. The van der Waals surface area contributed by atoms with Crippen LogP contribution in [-0.2, 0) is 47.8 Å². The number of carbonyl (C=O) groups excluding carboxylic acids is 2. The molecule has 10 nitrogen and oxygen atoms in total. The molecule has 4 aromatic rings. The van der Waals surface area contributed by atoms with E-state index in [4.69, 9.17) is 19.9 Å². The highest BCUT2D eigenvalue weighted by Crippen LogP contribution is 2.40. The van der Waals surface area contributed by atoms with Crippen LogP contribution >= 0.6 is 18.8 Å². The molecule has 1 aromatic heterocycles. The van der Waals surface area contributed by atoms with Crippen LogP contribution in [0.1, 0.15) is 44.5 Å². The molecule has 250 valence electrons. The second kappa shape index (κ2) is 17.3. The lowest BCUT2D eigenvalue weighted by Gasteiger charge is -2.29. The molecular weight excluding hydrogens is 635 g/mol. The van der Waals surface area contributed by atoms with E-state index >= 15 is 0 Å². The SMILES string of the molecule is CC(C)OC(=O)[C@H](Cc1ccccc1)NP(=O)(COCc1nc(N)sc1-c1ccccc1)N[C@@H](Cc1ccccc1)C(=O)OC(C)C. The van der Waals surface area contributed by atoms with E-state index < -0.39 is 43.7 Å². The molecule has 2 atom stereocenters. The van der Waals surface area contributed by atoms with Crippen LogP contribution < -0.4 is 15.9 Å². The third-order valence-electron chi connectivity index (χ3n) is 6.83. The first-order valence-electron chi connectivity index (χ1n) is 15.5. The maximum atomic E-state index is 14.9. The van der Waals surface area contributed by atoms with Gasteiger partial charge >= 0.3 is 11.9 Å². The van der Waals surface area contributed by atoms with Crippen LogP contribution in [0.15, 0.2) is 91.0 Å². The van der Waals surface area contributed by atoms with Crippen LogP contribution in [0.2, 0.25) is 0 Å². The molecule has 4 N–H and O–H groups in total. The molecule has 0 aliphatic rings. The van der Waals surface area contributed by atoms with Gasteiger partial charge in [-0.05, 0) is 57.2 Å². The minimum Gasteiger partial charge on any atom is -0.462 e. The van der Waals surface area contributed by atoms with Crippen LogP contribution in [0.3, 0.4) is 0 Å². The normalized spacial score (nSPS) is 13.0. The molecule has 0 saturated heterocycles. The van der Waals surface area contributed by atoms with Crippen molar-refractivity contribution in [2.75, 3.05) is 12.1 Å². The van der Waals surface area contributed by atoms with Crippen molar-refractivity contribution in [3.05, 3.63) is 108 Å². The third-order valence-corrected chi connectivity index (χ3v) is 9.81. The van der Waals surface area contributed by atoms with Gasteiger partial charge in [0.05, 0.1) is 29.4 Å². The predicted octanol–water partition coefficient (Wildman–Crippen LogP) is 6.36. The summed E-state index contributed by atoms with van der Waals surface area (Å²) in [5.41, 5.74) is 9.26. The molecule has 0 bridgehead atoms. The number of aromatic nitrogens is 1. The Morgan fingerprint density at radius 2 is 1.21 bits per heavy atom. The second-order valence-electron chi connectivity index (χ2n) is 11.6. The van der Waals surface area contributed by atoms with Gasteiger partial charge in [-0.25, -0.2) is 15.2 Å². The van der Waals surface area contributed by atoms with Crippen LogP contribution in [-0.4, -0.2) is 47.6 Å². The van der Waals surface area contributed by atoms with Crippen molar-refractivity contribution in [3.63, 3.8) is 0 Å². The van der Waals surface area contributed by atoms with Crippen molar-refractivity contribution >= 4 is 35.9 Å². The topological polar surface area (TPSA) is 142 Å². The van der Waals surface area contributed by atoms with Gasteiger partial charge in [-0.1, -0.05) is 102 Å². The van der Waals surface area contributed by atoms with E-state index in [9.17, 15) is 14.2 Å². The van der Waals surface area contributed by atoms with Gasteiger partial charge in [-0.15, -0.1) is 0 Å². The molecule has 47 heavy (non-hydrogen) atoms. The Hall–Kier alpha value is -3.86. The zero-order valence-corrected chi connectivity index (χ0v) is 28.8. The summed E-state index contributed by atoms with van der Waals surface area (Å²) >= 11 is 1.33. The van der Waals surface area contributed by atoms with Crippen molar-refractivity contribution < 1.29 is 28.4 Å². The number of nitrogen functional groups attached to an aromatic ring is 1. The number of thiazole rings is 1. The minimum absolute atomic E-state index is 0.00906. The summed E-state index contributed by atoms with van der Waals surface area (Å²) < 4.78 is 32.2. The van der Waals surface area contributed by atoms with E-state index in [-0.39, 0.29) is 25.8 Å². The average molecular weight is 679 g/mol. The van der Waals surface area contributed by atoms with Crippen molar-refractivity contribution in [3.8, 4) is 10.4 Å². The van der Waals surface area contributed by atoms with Crippen LogP contribution in [0.5, 0.6) is 0 Å². The van der Waals surface area contributed by atoms with E-state index in [1.165, 1.54) is 11.3 Å². The Balaban J connectivity index is 1.65. The first-order valence-corrected chi connectivity index (χ1v) is 18.2. The molecule has 0 saturated carbocycles. The van der Waals surface area contributed by atoms with Gasteiger partial charge in [0.1, 0.15) is 18.4 Å². The monoisotopic (exact) mass is 678 g/mol. The lowest BCUT2D eigenvalue weighted by Crippen LogP contribution is -2.47. The van der Waals surface area contributed by atoms with Crippen LogP contribution in [0.25, 0.3) is 10.4 Å². The molecule has 3 aromatic carbocycles. The minimum atomic E-state index is -3.90. The van der Waals surface area contributed by atoms with Crippen molar-refractivity contribution in [2.45, 2.75) is 71.4 Å². The maximum absolute atomic E-state index is 14.9. The Morgan fingerprint density at radius 1 is 0.766 bits per heavy atom. The van der Waals surface area contributed by atoms with E-state index in [1.54, 1.807) is 27.7 Å². The van der Waals surface area contributed by atoms with Gasteiger partial charge in [-0.2, -0.15) is 0 Å². The molecule has 0 aliphatic heterocycles. The summed E-state index contributed by atoms with van der Waals surface area (Å²) in [6.45, 7) is 6.99. The van der Waals surface area contributed by atoms with E-state index in [0.717, 1.165) is 21.6 Å². The molecular formula is C35H43N4O6PS. The van der Waals surface area contributed by atoms with Gasteiger partial charge in [-0.3, -0.25) is 14.2 Å². The summed E-state index contributed by atoms with van der Waals surface area (Å²) in [7, 11) is -3.90. The zero-order valence-electron chi connectivity index (χ0n) is 27.1. The number of benzene rings is 3. The quantitative estimate of drug-likeness (QED) is 0.0853. The van der Waals surface area contributed by atoms with Crippen molar-refractivity contribution in [1.29, 1.82) is 0 Å². The van der Waals surface area contributed by atoms with E-state index in [1.807, 2.05) is 91.0 Å². The van der Waals surface area contributed by atoms with Gasteiger partial charge in [0.25, 0.3) is 0 Å². The summed E-state index contributed by atoms with van der Waals surface area (Å²) in [5, 5.41) is 6.46. The fraction of sp³-hybridized carbons (Fsp3) is 0.343. The van der Waals surface area contributed by atoms with Crippen molar-refractivity contribution in [1.82, 2.24) is 15.2 Å². The Labute approximate surface area is 280 Å². The number of hydrogen-bond donors (Lipinski definition) is 3. The standard InChI is InChI=1S/C35H43N4O6PS/c1-24(2)44-33(40)29(20-26-14-8-5-9-15-26)38-46(42,39-30(34(41)45-25(3)4)21-27-16-10-6-11-17-27)23-43-22-31-32(47-35(36)37-31)28-18-12-7-13-19-28/h5-19,24-25,29-30H,20-23H2,1-4H3,(H2,36,37)(H2,38,39,42)/t29-,30-/m0/s1. The number of nitrogens with zero attached hydrogens (tertiary/aromatic N) is 1. The predicted molar refractivity (Wildman–Crippen MR) is 186 cm³/mol. The van der Waals surface area contributed by atoms with Gasteiger partial charge in [0.15, 0.2) is 5.13 Å². The summed E-state index contributed by atoms with van der Waals surface area (Å²) in [6.07, 6.45) is -0.787. The number of esters is 2. The zero-order chi connectivity index (χ0) is 33.8. The lowest BCUT2D eigenvalue weighted by atomic mass is 10.1. The highest BCUT2D eigenvalue weighted by atomic mass is 32.1. The highest BCUT2D eigenvalue weighted by Gasteiger charge is 2.36. The fourth-order valence-corrected chi connectivity index (χ4v) is 7.67. The molecule has 4 rings (SSSR count). The molecule has 0 amide bonds. The smallest absolute Gasteiger partial charge is 0.324 e. The first-order chi connectivity index (χ1) is 22.5. The Morgan fingerprint density at radius 3 is 1.66 bits per heavy atom. The van der Waals surface area contributed by atoms with Gasteiger partial charge < -0.3 is 19.9 Å². The molecule has 0 aliphatic carbocycles. The van der Waals surface area contributed by atoms with Crippen LogP contribution in [0.4, 0.5) is 5.13 Å². The van der Waals surface area contributed by atoms with Gasteiger partial charge in [0, 0.05) is 0 Å². The second-order valence-corrected chi connectivity index (χ2v) is 14.9. The molecule has 0 spiro atoms. The maximum Gasteiger partial charge on any atom is 0.324 e. The fourth-order valence-electron chi connectivity index (χ4n) is 4.86. The Kier molecular flexibility index (Phi) is 13.3. The molecule has 1 heterocycles. The van der Waals surface area contributed by atoms with Gasteiger partial charge in [0.2, 0.25) is 7.44 Å². The third kappa shape index (κ3) is 11.4. The summed E-state index contributed by atoms with van der Waals surface area (Å²) in [4.78, 5) is 32.1. The average Bonchev–Trinajstić information content (AvgIpc) is 3.41. The number of ether oxygens (including phenoxy) is 3. The number of nitrogens with two attached hydrogens (primary N) is 1. The lowest BCUT2D eigenvalue weighted by molar-refractivity contribution is -0.150. The van der Waals surface area contributed by atoms with Crippen LogP contribution in [0, 0.1) is 0 Å². The van der Waals surface area contributed by atoms with E-state index in [0.29, 0.717) is 10.8 Å². The Bertz CT molecular complexity index is 1550. The number of carbonyl (C=O) groups is 2. The summed E-state index contributed by atoms with van der Waals surface area (Å²) in [6, 6.07) is 26.3. The first kappa shape index (κ1) is 36.0. The molecule has 0 radical (unpaired) electrons. The number of hydrogen-bond acceptors (Lipinski definition) is 9. The molecule has 0 fully saturated rings. The number of anilines is 1. The largest absolute Gasteiger partial charge is 0.462 e. The van der Waals surface area contributed by atoms with Crippen molar-refractivity contribution in [2.24, 2.45) is 0 Å². The summed E-state index contributed by atoms with van der Waals surface area (Å²) in [5.74, 6) is -1.15. The molecule has 12 heteroatoms. The highest BCUT2D eigenvalue weighted by molar-refractivity contribution is 7.59. The molecule has 0 unspecified atom stereocenters.